The molecule has 2 aromatic carbocycles. The number of guanidine groups is 1. The molecule has 0 bridgehead atoms. The summed E-state index contributed by atoms with van der Waals surface area (Å²) in [5.41, 5.74) is 2.32. The van der Waals surface area contributed by atoms with Gasteiger partial charge in [-0.25, -0.2) is 0 Å². The van der Waals surface area contributed by atoms with E-state index < -0.39 is 0 Å². The molecule has 0 spiro atoms. The third-order valence-corrected chi connectivity index (χ3v) is 5.58. The molecule has 1 saturated heterocycles. The molecule has 31 heavy (non-hydrogen) atoms. The van der Waals surface area contributed by atoms with Crippen molar-refractivity contribution in [1.82, 2.24) is 15.5 Å². The number of rotatable bonds is 6. The zero-order chi connectivity index (χ0) is 20.8. The molecule has 4 rings (SSSR count). The van der Waals surface area contributed by atoms with Gasteiger partial charge in [-0.3, -0.25) is 9.89 Å². The van der Waals surface area contributed by atoms with Crippen LogP contribution in [0.2, 0.25) is 5.02 Å². The molecule has 0 amide bonds. The lowest BCUT2D eigenvalue weighted by atomic mass is 10.0. The van der Waals surface area contributed by atoms with Crippen LogP contribution < -0.4 is 20.1 Å². The van der Waals surface area contributed by atoms with Crippen LogP contribution in [0.5, 0.6) is 11.5 Å². The average Bonchev–Trinajstić information content (AvgIpc) is 3.26. The number of halogens is 2. The SMILES string of the molecule is CN=C(NCc1ccc2c(c1)OCO2)NCC(c1ccc(Cl)cc1)N1CCOCC1.I. The molecule has 0 radical (unpaired) electrons. The standard InChI is InChI=1S/C22H27ClN4O3.HI/c1-24-22(25-13-16-2-7-20-21(12-16)30-15-29-20)26-14-19(27-8-10-28-11-9-27)17-3-5-18(23)6-4-17;/h2-7,12,19H,8-11,13-15H2,1H3,(H2,24,25,26);1H. The van der Waals surface area contributed by atoms with Crippen molar-refractivity contribution < 1.29 is 14.2 Å². The van der Waals surface area contributed by atoms with Crippen molar-refractivity contribution in [3.8, 4) is 11.5 Å². The van der Waals surface area contributed by atoms with E-state index in [4.69, 9.17) is 25.8 Å². The molecule has 9 heteroatoms. The second-order valence-electron chi connectivity index (χ2n) is 7.21. The van der Waals surface area contributed by atoms with Crippen LogP contribution >= 0.6 is 35.6 Å². The van der Waals surface area contributed by atoms with Gasteiger partial charge in [-0.2, -0.15) is 0 Å². The van der Waals surface area contributed by atoms with E-state index in [0.29, 0.717) is 6.54 Å². The first kappa shape index (κ1) is 23.9. The van der Waals surface area contributed by atoms with Gasteiger partial charge in [-0.05, 0) is 35.4 Å². The summed E-state index contributed by atoms with van der Waals surface area (Å²) in [6, 6.07) is 14.2. The Hall–Kier alpha value is -1.75. The molecular weight excluding hydrogens is 531 g/mol. The minimum absolute atomic E-state index is 0. The molecule has 0 aliphatic carbocycles. The lowest BCUT2D eigenvalue weighted by Gasteiger charge is -2.35. The van der Waals surface area contributed by atoms with E-state index >= 15 is 0 Å². The summed E-state index contributed by atoms with van der Waals surface area (Å²) in [4.78, 5) is 6.81. The van der Waals surface area contributed by atoms with E-state index in [1.165, 1.54) is 5.56 Å². The Labute approximate surface area is 205 Å². The average molecular weight is 559 g/mol. The van der Waals surface area contributed by atoms with E-state index in [1.54, 1.807) is 7.05 Å². The number of hydrogen-bond donors (Lipinski definition) is 2. The Bertz CT molecular complexity index is 876. The number of nitrogens with zero attached hydrogens (tertiary/aromatic N) is 2. The Morgan fingerprint density at radius 1 is 1.06 bits per heavy atom. The van der Waals surface area contributed by atoms with Crippen LogP contribution in [0.1, 0.15) is 17.2 Å². The maximum absolute atomic E-state index is 6.09. The molecular formula is C22H28ClIN4O3. The number of benzene rings is 2. The number of fused-ring (bicyclic) bond motifs is 1. The molecule has 2 aromatic rings. The number of ether oxygens (including phenoxy) is 3. The fraction of sp³-hybridized carbons (Fsp3) is 0.409. The first-order valence-electron chi connectivity index (χ1n) is 10.1. The molecule has 2 aliphatic heterocycles. The van der Waals surface area contributed by atoms with Gasteiger partial charge < -0.3 is 24.8 Å². The first-order valence-corrected chi connectivity index (χ1v) is 10.5. The van der Waals surface area contributed by atoms with Crippen LogP contribution in [-0.4, -0.2) is 57.5 Å². The molecule has 2 heterocycles. The molecule has 0 saturated carbocycles. The van der Waals surface area contributed by atoms with Crippen LogP contribution in [0.3, 0.4) is 0 Å². The molecule has 7 nitrogen and oxygen atoms in total. The predicted octanol–water partition coefficient (Wildman–Crippen LogP) is 3.43. The van der Waals surface area contributed by atoms with Gasteiger partial charge in [0.1, 0.15) is 0 Å². The highest BCUT2D eigenvalue weighted by atomic mass is 127. The first-order chi connectivity index (χ1) is 14.7. The number of nitrogens with one attached hydrogen (secondary N) is 2. The second-order valence-corrected chi connectivity index (χ2v) is 7.65. The topological polar surface area (TPSA) is 67.4 Å². The summed E-state index contributed by atoms with van der Waals surface area (Å²) in [5.74, 6) is 2.32. The Morgan fingerprint density at radius 2 is 1.81 bits per heavy atom. The van der Waals surface area contributed by atoms with Gasteiger partial charge in [0.15, 0.2) is 17.5 Å². The molecule has 0 aromatic heterocycles. The van der Waals surface area contributed by atoms with Gasteiger partial charge >= 0.3 is 0 Å². The van der Waals surface area contributed by atoms with E-state index in [0.717, 1.165) is 60.9 Å². The van der Waals surface area contributed by atoms with Gasteiger partial charge in [0, 0.05) is 38.2 Å². The zero-order valence-corrected chi connectivity index (χ0v) is 20.6. The van der Waals surface area contributed by atoms with Crippen molar-refractivity contribution >= 4 is 41.5 Å². The Balaban J connectivity index is 0.00000272. The van der Waals surface area contributed by atoms with Crippen LogP contribution in [0.15, 0.2) is 47.5 Å². The molecule has 1 atom stereocenters. The molecule has 2 N–H and O–H groups in total. The van der Waals surface area contributed by atoms with Crippen molar-refractivity contribution in [3.63, 3.8) is 0 Å². The number of hydrogen-bond acceptors (Lipinski definition) is 5. The Kier molecular flexibility index (Phi) is 9.06. The van der Waals surface area contributed by atoms with Crippen LogP contribution in [0.4, 0.5) is 0 Å². The lowest BCUT2D eigenvalue weighted by Crippen LogP contribution is -2.46. The fourth-order valence-corrected chi connectivity index (χ4v) is 3.81. The van der Waals surface area contributed by atoms with Gasteiger partial charge in [0.05, 0.1) is 19.3 Å². The predicted molar refractivity (Wildman–Crippen MR) is 133 cm³/mol. The van der Waals surface area contributed by atoms with Crippen molar-refractivity contribution in [1.29, 1.82) is 0 Å². The minimum atomic E-state index is 0. The summed E-state index contributed by atoms with van der Waals surface area (Å²) in [7, 11) is 1.78. The monoisotopic (exact) mass is 558 g/mol. The lowest BCUT2D eigenvalue weighted by molar-refractivity contribution is 0.0170. The van der Waals surface area contributed by atoms with Crippen molar-refractivity contribution in [2.24, 2.45) is 4.99 Å². The molecule has 1 fully saturated rings. The number of aliphatic imine (C=N–C) groups is 1. The molecule has 2 aliphatic rings. The quantitative estimate of drug-likeness (QED) is 0.322. The van der Waals surface area contributed by atoms with Gasteiger partial charge in [0.25, 0.3) is 0 Å². The summed E-state index contributed by atoms with van der Waals surface area (Å²) in [5, 5.41) is 7.59. The van der Waals surface area contributed by atoms with Gasteiger partial charge in [-0.1, -0.05) is 29.8 Å². The highest BCUT2D eigenvalue weighted by Gasteiger charge is 2.23. The van der Waals surface area contributed by atoms with E-state index in [-0.39, 0.29) is 36.8 Å². The van der Waals surface area contributed by atoms with E-state index in [2.05, 4.69) is 32.7 Å². The van der Waals surface area contributed by atoms with Gasteiger partial charge in [-0.15, -0.1) is 24.0 Å². The number of morpholine rings is 1. The van der Waals surface area contributed by atoms with E-state index in [9.17, 15) is 0 Å². The van der Waals surface area contributed by atoms with Gasteiger partial charge in [0.2, 0.25) is 6.79 Å². The largest absolute Gasteiger partial charge is 0.454 e. The maximum Gasteiger partial charge on any atom is 0.231 e. The van der Waals surface area contributed by atoms with Crippen molar-refractivity contribution in [2.45, 2.75) is 12.6 Å². The van der Waals surface area contributed by atoms with Crippen LogP contribution in [0, 0.1) is 0 Å². The fourth-order valence-electron chi connectivity index (χ4n) is 3.68. The third kappa shape index (κ3) is 6.38. The summed E-state index contributed by atoms with van der Waals surface area (Å²) >= 11 is 6.09. The summed E-state index contributed by atoms with van der Waals surface area (Å²) < 4.78 is 16.4. The smallest absolute Gasteiger partial charge is 0.231 e. The third-order valence-electron chi connectivity index (χ3n) is 5.32. The molecule has 1 unspecified atom stereocenters. The van der Waals surface area contributed by atoms with Crippen LogP contribution in [0.25, 0.3) is 0 Å². The van der Waals surface area contributed by atoms with Crippen LogP contribution in [-0.2, 0) is 11.3 Å². The highest BCUT2D eigenvalue weighted by molar-refractivity contribution is 14.0. The highest BCUT2D eigenvalue weighted by Crippen LogP contribution is 2.32. The normalized spacial score (nSPS) is 17.0. The summed E-state index contributed by atoms with van der Waals surface area (Å²) in [6.45, 7) is 4.95. The maximum atomic E-state index is 6.09. The zero-order valence-electron chi connectivity index (χ0n) is 17.5. The molecule has 168 valence electrons. The minimum Gasteiger partial charge on any atom is -0.454 e. The second kappa shape index (κ2) is 11.8. The summed E-state index contributed by atoms with van der Waals surface area (Å²) in [6.07, 6.45) is 0. The van der Waals surface area contributed by atoms with E-state index in [1.807, 2.05) is 30.3 Å². The van der Waals surface area contributed by atoms with Crippen molar-refractivity contribution in [3.05, 3.63) is 58.6 Å². The van der Waals surface area contributed by atoms with Crippen molar-refractivity contribution in [2.75, 3.05) is 46.7 Å². The Morgan fingerprint density at radius 3 is 2.55 bits per heavy atom.